The number of fused-ring (bicyclic) bond motifs is 1. The van der Waals surface area contributed by atoms with E-state index in [1.807, 2.05) is 0 Å². The van der Waals surface area contributed by atoms with Crippen molar-refractivity contribution in [3.8, 4) is 5.75 Å². The summed E-state index contributed by atoms with van der Waals surface area (Å²) in [6.45, 7) is 4.98. The molecule has 0 atom stereocenters. The molecule has 2 amide bonds. The molecule has 9 heteroatoms. The van der Waals surface area contributed by atoms with Gasteiger partial charge in [-0.15, -0.1) is 0 Å². The number of non-ortho nitro benzene ring substituents is 1. The van der Waals surface area contributed by atoms with Crippen LogP contribution in [0.3, 0.4) is 0 Å². The number of carbonyl (C=O) groups excluding carboxylic acids is 2. The molecule has 0 aliphatic carbocycles. The van der Waals surface area contributed by atoms with Crippen molar-refractivity contribution in [1.82, 2.24) is 10.2 Å². The van der Waals surface area contributed by atoms with Crippen molar-refractivity contribution in [2.75, 3.05) is 44.2 Å². The van der Waals surface area contributed by atoms with Gasteiger partial charge in [-0.2, -0.15) is 0 Å². The molecule has 0 spiro atoms. The van der Waals surface area contributed by atoms with Gasteiger partial charge < -0.3 is 15.0 Å². The van der Waals surface area contributed by atoms with Crippen LogP contribution in [-0.2, 0) is 9.59 Å². The van der Waals surface area contributed by atoms with Crippen LogP contribution in [0.2, 0.25) is 0 Å². The highest BCUT2D eigenvalue weighted by atomic mass is 16.6. The minimum atomic E-state index is -0.533. The maximum Gasteiger partial charge on any atom is 0.271 e. The van der Waals surface area contributed by atoms with E-state index >= 15 is 0 Å². The van der Waals surface area contributed by atoms with Crippen LogP contribution < -0.4 is 15.0 Å². The molecule has 9 nitrogen and oxygen atoms in total. The van der Waals surface area contributed by atoms with Gasteiger partial charge in [0.15, 0.2) is 6.61 Å². The number of carbonyl (C=O) groups is 2. The lowest BCUT2D eigenvalue weighted by Gasteiger charge is -2.35. The smallest absolute Gasteiger partial charge is 0.271 e. The summed E-state index contributed by atoms with van der Waals surface area (Å²) in [5.74, 6) is 0.405. The Morgan fingerprint density at radius 2 is 2.11 bits per heavy atom. The first-order chi connectivity index (χ1) is 13.0. The zero-order valence-corrected chi connectivity index (χ0v) is 15.3. The highest BCUT2D eigenvalue weighted by Gasteiger charge is 2.31. The third-order valence-electron chi connectivity index (χ3n) is 5.04. The largest absolute Gasteiger partial charge is 0.482 e. The summed E-state index contributed by atoms with van der Waals surface area (Å²) < 4.78 is 5.33. The molecule has 2 heterocycles. The van der Waals surface area contributed by atoms with Gasteiger partial charge in [0.2, 0.25) is 5.91 Å². The van der Waals surface area contributed by atoms with E-state index in [1.54, 1.807) is 4.90 Å². The fourth-order valence-electron chi connectivity index (χ4n) is 3.45. The van der Waals surface area contributed by atoms with Crippen LogP contribution in [0.15, 0.2) is 18.2 Å². The third-order valence-corrected chi connectivity index (χ3v) is 5.04. The highest BCUT2D eigenvalue weighted by Crippen LogP contribution is 2.35. The molecular weight excluding hydrogens is 352 g/mol. The topological polar surface area (TPSA) is 105 Å². The van der Waals surface area contributed by atoms with Crippen LogP contribution in [0.5, 0.6) is 5.75 Å². The fourth-order valence-corrected chi connectivity index (χ4v) is 3.45. The summed E-state index contributed by atoms with van der Waals surface area (Å²) in [4.78, 5) is 38.5. The number of rotatable bonds is 6. The number of hydrogen-bond donors (Lipinski definition) is 1. The molecule has 1 aromatic carbocycles. The Morgan fingerprint density at radius 3 is 2.78 bits per heavy atom. The molecule has 0 saturated carbocycles. The van der Waals surface area contributed by atoms with Crippen LogP contribution in [0, 0.1) is 16.0 Å². The van der Waals surface area contributed by atoms with Gasteiger partial charge in [0.05, 0.1) is 10.6 Å². The third kappa shape index (κ3) is 4.36. The molecule has 146 valence electrons. The van der Waals surface area contributed by atoms with E-state index in [0.29, 0.717) is 24.8 Å². The van der Waals surface area contributed by atoms with Crippen molar-refractivity contribution in [2.24, 2.45) is 5.92 Å². The normalized spacial score (nSPS) is 17.4. The van der Waals surface area contributed by atoms with Crippen molar-refractivity contribution in [3.63, 3.8) is 0 Å². The first-order valence-electron chi connectivity index (χ1n) is 9.19. The van der Waals surface area contributed by atoms with Gasteiger partial charge in [-0.3, -0.25) is 24.6 Å². The number of benzene rings is 1. The van der Waals surface area contributed by atoms with Crippen LogP contribution >= 0.6 is 0 Å². The maximum atomic E-state index is 12.7. The van der Waals surface area contributed by atoms with Crippen LogP contribution in [0.1, 0.15) is 19.8 Å². The van der Waals surface area contributed by atoms with Crippen molar-refractivity contribution in [1.29, 1.82) is 0 Å². The lowest BCUT2D eigenvalue weighted by molar-refractivity contribution is -0.384. The van der Waals surface area contributed by atoms with E-state index in [0.717, 1.165) is 25.9 Å². The lowest BCUT2D eigenvalue weighted by atomic mass is 9.96. The SMILES string of the molecule is CCNCC1CCN(C(=O)CN2C(=O)COc3ccc([N+](=O)[O-])cc32)CC1. The van der Waals surface area contributed by atoms with E-state index in [-0.39, 0.29) is 36.3 Å². The summed E-state index contributed by atoms with van der Waals surface area (Å²) in [7, 11) is 0. The fraction of sp³-hybridized carbons (Fsp3) is 0.556. The van der Waals surface area contributed by atoms with Gasteiger partial charge in [-0.1, -0.05) is 6.92 Å². The van der Waals surface area contributed by atoms with Gasteiger partial charge in [0, 0.05) is 25.2 Å². The molecule has 2 aliphatic rings. The predicted molar refractivity (Wildman–Crippen MR) is 98.8 cm³/mol. The van der Waals surface area contributed by atoms with E-state index in [1.165, 1.54) is 23.1 Å². The molecule has 0 unspecified atom stereocenters. The zero-order valence-electron chi connectivity index (χ0n) is 15.3. The standard InChI is InChI=1S/C18H24N4O5/c1-2-19-10-13-5-7-20(8-6-13)17(23)11-21-15-9-14(22(25)26)3-4-16(15)27-12-18(21)24/h3-4,9,13,19H,2,5-8,10-12H2,1H3. The van der Waals surface area contributed by atoms with Gasteiger partial charge >= 0.3 is 0 Å². The summed E-state index contributed by atoms with van der Waals surface area (Å²) in [5, 5.41) is 14.4. The number of nitrogens with zero attached hydrogens (tertiary/aromatic N) is 3. The molecule has 1 aromatic rings. The number of amides is 2. The minimum absolute atomic E-state index is 0.131. The number of nitrogens with one attached hydrogen (secondary N) is 1. The zero-order chi connectivity index (χ0) is 19.4. The van der Waals surface area contributed by atoms with E-state index in [2.05, 4.69) is 12.2 Å². The lowest BCUT2D eigenvalue weighted by Crippen LogP contribution is -2.48. The van der Waals surface area contributed by atoms with Gasteiger partial charge in [0.25, 0.3) is 11.6 Å². The molecule has 1 saturated heterocycles. The molecule has 2 aliphatic heterocycles. The van der Waals surface area contributed by atoms with Gasteiger partial charge in [-0.05, 0) is 37.9 Å². The Bertz CT molecular complexity index is 730. The average molecular weight is 376 g/mol. The quantitative estimate of drug-likeness (QED) is 0.590. The number of piperidine rings is 1. The summed E-state index contributed by atoms with van der Waals surface area (Å²) in [6, 6.07) is 4.07. The molecule has 1 fully saturated rings. The Morgan fingerprint density at radius 1 is 1.37 bits per heavy atom. The van der Waals surface area contributed by atoms with Crippen molar-refractivity contribution < 1.29 is 19.2 Å². The van der Waals surface area contributed by atoms with Crippen LogP contribution in [0.25, 0.3) is 0 Å². The Balaban J connectivity index is 1.67. The first kappa shape index (κ1) is 19.1. The van der Waals surface area contributed by atoms with Gasteiger partial charge in [0.1, 0.15) is 12.3 Å². The monoisotopic (exact) mass is 376 g/mol. The summed E-state index contributed by atoms with van der Waals surface area (Å²) >= 11 is 0. The molecular formula is C18H24N4O5. The van der Waals surface area contributed by atoms with E-state index < -0.39 is 4.92 Å². The number of nitro benzene ring substituents is 1. The van der Waals surface area contributed by atoms with Crippen molar-refractivity contribution in [3.05, 3.63) is 28.3 Å². The molecule has 0 radical (unpaired) electrons. The molecule has 27 heavy (non-hydrogen) atoms. The molecule has 0 bridgehead atoms. The second-order valence-electron chi connectivity index (χ2n) is 6.81. The Kier molecular flexibility index (Phi) is 5.90. The van der Waals surface area contributed by atoms with Crippen molar-refractivity contribution in [2.45, 2.75) is 19.8 Å². The Labute approximate surface area is 157 Å². The molecule has 0 aromatic heterocycles. The van der Waals surface area contributed by atoms with Crippen molar-refractivity contribution >= 4 is 23.2 Å². The second kappa shape index (κ2) is 8.34. The molecule has 1 N–H and O–H groups in total. The predicted octanol–water partition coefficient (Wildman–Crippen LogP) is 1.17. The summed E-state index contributed by atoms with van der Waals surface area (Å²) in [5.41, 5.74) is 0.129. The highest BCUT2D eigenvalue weighted by molar-refractivity contribution is 6.02. The summed E-state index contributed by atoms with van der Waals surface area (Å²) in [6.07, 6.45) is 1.86. The maximum absolute atomic E-state index is 12.7. The number of nitro groups is 1. The van der Waals surface area contributed by atoms with E-state index in [4.69, 9.17) is 4.74 Å². The van der Waals surface area contributed by atoms with E-state index in [9.17, 15) is 19.7 Å². The van der Waals surface area contributed by atoms with Crippen LogP contribution in [-0.4, -0.2) is 61.0 Å². The molecule has 3 rings (SSSR count). The average Bonchev–Trinajstić information content (AvgIpc) is 2.68. The number of hydrogen-bond acceptors (Lipinski definition) is 6. The number of likely N-dealkylation sites (tertiary alicyclic amines) is 1. The number of ether oxygens (including phenoxy) is 1. The van der Waals surface area contributed by atoms with Gasteiger partial charge in [-0.25, -0.2) is 0 Å². The number of anilines is 1. The minimum Gasteiger partial charge on any atom is -0.482 e. The second-order valence-corrected chi connectivity index (χ2v) is 6.81. The first-order valence-corrected chi connectivity index (χ1v) is 9.19. The van der Waals surface area contributed by atoms with Crippen LogP contribution in [0.4, 0.5) is 11.4 Å². The Hall–Kier alpha value is -2.68.